The molecule has 2 aliphatic rings. The summed E-state index contributed by atoms with van der Waals surface area (Å²) in [7, 11) is 0. The molecule has 0 spiro atoms. The summed E-state index contributed by atoms with van der Waals surface area (Å²) in [5.41, 5.74) is -2.12. The first-order valence-corrected chi connectivity index (χ1v) is 6.14. The van der Waals surface area contributed by atoms with Gasteiger partial charge in [0.15, 0.2) is 0 Å². The van der Waals surface area contributed by atoms with Crippen LogP contribution in [0.2, 0.25) is 0 Å². The van der Waals surface area contributed by atoms with E-state index in [0.29, 0.717) is 25.9 Å². The standard InChI is InChI=1S/C12H20O4/c13-10(14)11(5-4-8-16-9-11)12(15)6-2-1-3-7-12/h15H,1-9H2,(H,13,14). The highest BCUT2D eigenvalue weighted by molar-refractivity contribution is 5.76. The Morgan fingerprint density at radius 2 is 1.75 bits per heavy atom. The third-order valence-electron chi connectivity index (χ3n) is 4.22. The lowest BCUT2D eigenvalue weighted by Crippen LogP contribution is -2.58. The predicted molar refractivity (Wildman–Crippen MR) is 58.2 cm³/mol. The van der Waals surface area contributed by atoms with Gasteiger partial charge in [0.1, 0.15) is 5.41 Å². The van der Waals surface area contributed by atoms with Gasteiger partial charge in [-0.25, -0.2) is 0 Å². The molecule has 1 saturated carbocycles. The van der Waals surface area contributed by atoms with Crippen LogP contribution in [0.1, 0.15) is 44.9 Å². The third kappa shape index (κ3) is 1.74. The Hall–Kier alpha value is -0.610. The van der Waals surface area contributed by atoms with E-state index >= 15 is 0 Å². The van der Waals surface area contributed by atoms with Crippen LogP contribution in [0.25, 0.3) is 0 Å². The SMILES string of the molecule is O=C(O)C1(C2(O)CCCCC2)CCCOC1. The molecule has 0 amide bonds. The number of aliphatic carboxylic acids is 1. The van der Waals surface area contributed by atoms with Gasteiger partial charge in [-0.3, -0.25) is 4.79 Å². The Kier molecular flexibility index (Phi) is 3.22. The van der Waals surface area contributed by atoms with Gasteiger partial charge >= 0.3 is 5.97 Å². The second kappa shape index (κ2) is 4.34. The largest absolute Gasteiger partial charge is 0.481 e. The van der Waals surface area contributed by atoms with Crippen LogP contribution in [0.3, 0.4) is 0 Å². The molecule has 0 aromatic heterocycles. The predicted octanol–water partition coefficient (Wildman–Crippen LogP) is 1.56. The zero-order chi connectivity index (χ0) is 11.6. The average molecular weight is 228 g/mol. The van der Waals surface area contributed by atoms with Gasteiger partial charge in [0.25, 0.3) is 0 Å². The number of carboxylic acids is 1. The quantitative estimate of drug-likeness (QED) is 0.752. The molecule has 1 saturated heterocycles. The van der Waals surface area contributed by atoms with Crippen molar-refractivity contribution in [2.45, 2.75) is 50.5 Å². The molecular weight excluding hydrogens is 208 g/mol. The maximum atomic E-state index is 11.5. The highest BCUT2D eigenvalue weighted by Crippen LogP contribution is 2.47. The highest BCUT2D eigenvalue weighted by Gasteiger charge is 2.56. The van der Waals surface area contributed by atoms with Gasteiger partial charge in [-0.05, 0) is 25.7 Å². The second-order valence-electron chi connectivity index (χ2n) is 5.14. The fourth-order valence-corrected chi connectivity index (χ4v) is 3.14. The van der Waals surface area contributed by atoms with Crippen molar-refractivity contribution in [2.24, 2.45) is 5.41 Å². The van der Waals surface area contributed by atoms with E-state index in [-0.39, 0.29) is 6.61 Å². The lowest BCUT2D eigenvalue weighted by Gasteiger charge is -2.48. The van der Waals surface area contributed by atoms with Crippen LogP contribution >= 0.6 is 0 Å². The first-order valence-electron chi connectivity index (χ1n) is 6.14. The maximum Gasteiger partial charge on any atom is 0.314 e. The molecule has 2 rings (SSSR count). The minimum Gasteiger partial charge on any atom is -0.481 e. The van der Waals surface area contributed by atoms with Crippen LogP contribution in [0.4, 0.5) is 0 Å². The summed E-state index contributed by atoms with van der Waals surface area (Å²) in [6.07, 6.45) is 5.41. The van der Waals surface area contributed by atoms with Crippen molar-refractivity contribution in [1.29, 1.82) is 0 Å². The molecule has 1 aliphatic carbocycles. The molecule has 0 aromatic carbocycles. The maximum absolute atomic E-state index is 11.5. The van der Waals surface area contributed by atoms with Gasteiger partial charge in [0.05, 0.1) is 12.2 Å². The Bertz CT molecular complexity index is 262. The van der Waals surface area contributed by atoms with Crippen LogP contribution in [0, 0.1) is 5.41 Å². The van der Waals surface area contributed by atoms with Crippen LogP contribution < -0.4 is 0 Å². The summed E-state index contributed by atoms with van der Waals surface area (Å²) in [6.45, 7) is 0.782. The lowest BCUT2D eigenvalue weighted by molar-refractivity contribution is -0.196. The van der Waals surface area contributed by atoms with Crippen molar-refractivity contribution in [3.8, 4) is 0 Å². The smallest absolute Gasteiger partial charge is 0.314 e. The zero-order valence-electron chi connectivity index (χ0n) is 9.57. The van der Waals surface area contributed by atoms with Crippen molar-refractivity contribution in [1.82, 2.24) is 0 Å². The number of hydrogen-bond donors (Lipinski definition) is 2. The molecule has 2 fully saturated rings. The molecule has 92 valence electrons. The molecule has 1 heterocycles. The van der Waals surface area contributed by atoms with Crippen LogP contribution in [0.5, 0.6) is 0 Å². The molecule has 4 nitrogen and oxygen atoms in total. The molecule has 16 heavy (non-hydrogen) atoms. The number of rotatable bonds is 2. The summed E-state index contributed by atoms with van der Waals surface area (Å²) in [5.74, 6) is -0.892. The normalized spacial score (nSPS) is 34.6. The van der Waals surface area contributed by atoms with Gasteiger partial charge in [-0.2, -0.15) is 0 Å². The van der Waals surface area contributed by atoms with Gasteiger partial charge in [0.2, 0.25) is 0 Å². The Morgan fingerprint density at radius 1 is 1.06 bits per heavy atom. The minimum absolute atomic E-state index is 0.166. The summed E-state index contributed by atoms with van der Waals surface area (Å²) in [6, 6.07) is 0. The first kappa shape index (κ1) is 11.9. The van der Waals surface area contributed by atoms with Crippen molar-refractivity contribution >= 4 is 5.97 Å². The fourth-order valence-electron chi connectivity index (χ4n) is 3.14. The van der Waals surface area contributed by atoms with Gasteiger partial charge in [0, 0.05) is 6.61 Å². The van der Waals surface area contributed by atoms with Gasteiger partial charge in [-0.1, -0.05) is 19.3 Å². The summed E-state index contributed by atoms with van der Waals surface area (Å²) in [4.78, 5) is 11.5. The van der Waals surface area contributed by atoms with Crippen LogP contribution in [-0.2, 0) is 9.53 Å². The molecule has 2 N–H and O–H groups in total. The van der Waals surface area contributed by atoms with Crippen LogP contribution in [-0.4, -0.2) is 35.0 Å². The molecule has 0 bridgehead atoms. The summed E-state index contributed by atoms with van der Waals surface area (Å²) in [5, 5.41) is 20.1. The summed E-state index contributed by atoms with van der Waals surface area (Å²) >= 11 is 0. The Labute approximate surface area is 95.6 Å². The van der Waals surface area contributed by atoms with E-state index in [0.717, 1.165) is 25.7 Å². The Balaban J connectivity index is 2.26. The Morgan fingerprint density at radius 3 is 2.25 bits per heavy atom. The topological polar surface area (TPSA) is 66.8 Å². The van der Waals surface area contributed by atoms with Crippen LogP contribution in [0.15, 0.2) is 0 Å². The number of carbonyl (C=O) groups is 1. The van der Waals surface area contributed by atoms with E-state index in [1.165, 1.54) is 0 Å². The molecule has 0 aromatic rings. The molecule has 1 aliphatic heterocycles. The number of carboxylic acid groups (broad SMARTS) is 1. The van der Waals surface area contributed by atoms with Gasteiger partial charge < -0.3 is 14.9 Å². The first-order chi connectivity index (χ1) is 7.61. The number of aliphatic hydroxyl groups is 1. The molecule has 1 unspecified atom stereocenters. The van der Waals surface area contributed by atoms with Crippen molar-refractivity contribution in [2.75, 3.05) is 13.2 Å². The fraction of sp³-hybridized carbons (Fsp3) is 0.917. The monoisotopic (exact) mass is 228 g/mol. The molecule has 1 atom stereocenters. The molecular formula is C12H20O4. The highest BCUT2D eigenvalue weighted by atomic mass is 16.5. The molecule has 4 heteroatoms. The number of hydrogen-bond acceptors (Lipinski definition) is 3. The van der Waals surface area contributed by atoms with E-state index in [2.05, 4.69) is 0 Å². The van der Waals surface area contributed by atoms with Crippen molar-refractivity contribution in [3.63, 3.8) is 0 Å². The van der Waals surface area contributed by atoms with E-state index in [1.807, 2.05) is 0 Å². The van der Waals surface area contributed by atoms with Crippen molar-refractivity contribution in [3.05, 3.63) is 0 Å². The molecule has 0 radical (unpaired) electrons. The van der Waals surface area contributed by atoms with Crippen molar-refractivity contribution < 1.29 is 19.7 Å². The lowest BCUT2D eigenvalue weighted by atomic mass is 9.62. The summed E-state index contributed by atoms with van der Waals surface area (Å²) < 4.78 is 5.32. The minimum atomic E-state index is -1.06. The average Bonchev–Trinajstić information content (AvgIpc) is 2.30. The zero-order valence-corrected chi connectivity index (χ0v) is 9.57. The number of ether oxygens (including phenoxy) is 1. The third-order valence-corrected chi connectivity index (χ3v) is 4.22. The van der Waals surface area contributed by atoms with Gasteiger partial charge in [-0.15, -0.1) is 0 Å². The van der Waals surface area contributed by atoms with E-state index in [4.69, 9.17) is 4.74 Å². The second-order valence-corrected chi connectivity index (χ2v) is 5.14. The van der Waals surface area contributed by atoms with E-state index < -0.39 is 17.0 Å². The van der Waals surface area contributed by atoms with E-state index in [1.54, 1.807) is 0 Å². The van der Waals surface area contributed by atoms with E-state index in [9.17, 15) is 15.0 Å².